The highest BCUT2D eigenvalue weighted by atomic mass is 32.1. The Balaban J connectivity index is 1.44. The van der Waals surface area contributed by atoms with Crippen molar-refractivity contribution in [2.45, 2.75) is 46.3 Å². The lowest BCUT2D eigenvalue weighted by molar-refractivity contribution is 0.0419. The Kier molecular flexibility index (Phi) is 6.70. The molecule has 4 heterocycles. The van der Waals surface area contributed by atoms with Crippen LogP contribution in [0.1, 0.15) is 54.7 Å². The Labute approximate surface area is 203 Å². The second-order valence-electron chi connectivity index (χ2n) is 9.58. The van der Waals surface area contributed by atoms with Crippen molar-refractivity contribution in [1.29, 1.82) is 0 Å². The summed E-state index contributed by atoms with van der Waals surface area (Å²) in [6, 6.07) is 5.77. The van der Waals surface area contributed by atoms with Crippen LogP contribution in [-0.4, -0.2) is 57.1 Å². The van der Waals surface area contributed by atoms with E-state index in [9.17, 15) is 9.59 Å². The summed E-state index contributed by atoms with van der Waals surface area (Å²) in [6.45, 7) is 11.0. The van der Waals surface area contributed by atoms with Crippen molar-refractivity contribution in [3.8, 4) is 0 Å². The number of alkyl carbamates (subject to hydrolysis) is 1. The first-order valence-electron chi connectivity index (χ1n) is 11.3. The molecule has 1 aliphatic heterocycles. The van der Waals surface area contributed by atoms with Crippen molar-refractivity contribution in [1.82, 2.24) is 25.2 Å². The zero-order valence-electron chi connectivity index (χ0n) is 20.1. The normalized spacial score (nSPS) is 15.0. The summed E-state index contributed by atoms with van der Waals surface area (Å²) in [5.41, 5.74) is 1.62. The Hall–Kier alpha value is -3.27. The zero-order valence-corrected chi connectivity index (χ0v) is 20.9. The van der Waals surface area contributed by atoms with Crippen LogP contribution in [0, 0.1) is 12.8 Å². The predicted octanol–water partition coefficient (Wildman–Crippen LogP) is 4.16. The number of hydrogen-bond donors (Lipinski definition) is 2. The molecule has 3 aromatic rings. The number of amides is 2. The minimum absolute atomic E-state index is 0.0684. The maximum Gasteiger partial charge on any atom is 0.407 e. The van der Waals surface area contributed by atoms with E-state index < -0.39 is 11.7 Å². The maximum atomic E-state index is 13.3. The molecular formula is C24H30N6O3S. The molecule has 0 unspecified atom stereocenters. The number of aryl methyl sites for hydroxylation is 1. The van der Waals surface area contributed by atoms with Crippen molar-refractivity contribution >= 4 is 39.5 Å². The SMILES string of the molecule is Cc1cc2nc(N[C@@H](C)c3cccnc3)nc(C(=O)N3CC(CNC(=O)OC(C)(C)C)C3)c2s1. The number of carbonyl (C=O) groups excluding carboxylic acids is 2. The smallest absolute Gasteiger partial charge is 0.407 e. The predicted molar refractivity (Wildman–Crippen MR) is 132 cm³/mol. The Morgan fingerprint density at radius 3 is 2.74 bits per heavy atom. The van der Waals surface area contributed by atoms with Crippen LogP contribution < -0.4 is 10.6 Å². The largest absolute Gasteiger partial charge is 0.444 e. The molecule has 0 aromatic carbocycles. The van der Waals surface area contributed by atoms with Gasteiger partial charge in [-0.15, -0.1) is 11.3 Å². The van der Waals surface area contributed by atoms with E-state index in [1.54, 1.807) is 17.3 Å². The van der Waals surface area contributed by atoms with Gasteiger partial charge in [0.25, 0.3) is 5.91 Å². The van der Waals surface area contributed by atoms with E-state index in [2.05, 4.69) is 25.6 Å². The molecular weight excluding hydrogens is 452 g/mol. The average Bonchev–Trinajstić information content (AvgIpc) is 3.11. The third-order valence-electron chi connectivity index (χ3n) is 5.41. The van der Waals surface area contributed by atoms with Crippen LogP contribution >= 0.6 is 11.3 Å². The molecule has 1 aliphatic rings. The van der Waals surface area contributed by atoms with Gasteiger partial charge < -0.3 is 20.3 Å². The Morgan fingerprint density at radius 2 is 2.06 bits per heavy atom. The summed E-state index contributed by atoms with van der Waals surface area (Å²) in [6.07, 6.45) is 3.08. The number of nitrogens with one attached hydrogen (secondary N) is 2. The molecule has 0 spiro atoms. The summed E-state index contributed by atoms with van der Waals surface area (Å²) < 4.78 is 6.06. The van der Waals surface area contributed by atoms with E-state index in [0.29, 0.717) is 31.3 Å². The Bertz CT molecular complexity index is 1180. The highest BCUT2D eigenvalue weighted by Gasteiger charge is 2.34. The lowest BCUT2D eigenvalue weighted by Crippen LogP contribution is -2.54. The van der Waals surface area contributed by atoms with Crippen molar-refractivity contribution in [3.05, 3.63) is 46.7 Å². The van der Waals surface area contributed by atoms with Crippen LogP contribution in [0.3, 0.4) is 0 Å². The third-order valence-corrected chi connectivity index (χ3v) is 6.45. The molecule has 0 aliphatic carbocycles. The van der Waals surface area contributed by atoms with Gasteiger partial charge in [0.05, 0.1) is 16.3 Å². The van der Waals surface area contributed by atoms with Gasteiger partial charge in [0.2, 0.25) is 5.95 Å². The number of rotatable bonds is 6. The number of fused-ring (bicyclic) bond motifs is 1. The molecule has 0 bridgehead atoms. The molecule has 2 N–H and O–H groups in total. The molecule has 1 atom stereocenters. The summed E-state index contributed by atoms with van der Waals surface area (Å²) >= 11 is 1.52. The van der Waals surface area contributed by atoms with E-state index in [1.165, 1.54) is 11.3 Å². The number of aromatic nitrogens is 3. The van der Waals surface area contributed by atoms with E-state index >= 15 is 0 Å². The summed E-state index contributed by atoms with van der Waals surface area (Å²) in [7, 11) is 0. The first-order chi connectivity index (χ1) is 16.1. The first kappa shape index (κ1) is 23.9. The van der Waals surface area contributed by atoms with Crippen molar-refractivity contribution < 1.29 is 14.3 Å². The molecule has 34 heavy (non-hydrogen) atoms. The van der Waals surface area contributed by atoms with Gasteiger partial charge in [-0.25, -0.2) is 14.8 Å². The fourth-order valence-corrected chi connectivity index (χ4v) is 4.66. The number of hydrogen-bond acceptors (Lipinski definition) is 8. The molecule has 4 rings (SSSR count). The van der Waals surface area contributed by atoms with Gasteiger partial charge in [-0.1, -0.05) is 6.07 Å². The van der Waals surface area contributed by atoms with Gasteiger partial charge >= 0.3 is 6.09 Å². The molecule has 10 heteroatoms. The van der Waals surface area contributed by atoms with Gasteiger partial charge in [-0.3, -0.25) is 9.78 Å². The van der Waals surface area contributed by atoms with Gasteiger partial charge in [0.1, 0.15) is 5.60 Å². The fourth-order valence-electron chi connectivity index (χ4n) is 3.72. The second kappa shape index (κ2) is 9.54. The molecule has 9 nitrogen and oxygen atoms in total. The minimum Gasteiger partial charge on any atom is -0.444 e. The van der Waals surface area contributed by atoms with Crippen LogP contribution in [0.5, 0.6) is 0 Å². The van der Waals surface area contributed by atoms with Gasteiger partial charge in [-0.05, 0) is 52.3 Å². The summed E-state index contributed by atoms with van der Waals surface area (Å²) in [4.78, 5) is 41.4. The molecule has 3 aromatic heterocycles. The van der Waals surface area contributed by atoms with Gasteiger partial charge in [0, 0.05) is 42.8 Å². The van der Waals surface area contributed by atoms with Gasteiger partial charge in [0.15, 0.2) is 5.69 Å². The highest BCUT2D eigenvalue weighted by Crippen LogP contribution is 2.30. The number of likely N-dealkylation sites (tertiary alicyclic amines) is 1. The summed E-state index contributed by atoms with van der Waals surface area (Å²) in [5.74, 6) is 0.468. The van der Waals surface area contributed by atoms with Crippen LogP contribution in [0.2, 0.25) is 0 Å². The standard InChI is InChI=1S/C24H30N6O3S/c1-14-9-18-20(34-14)19(29-22(28-18)27-15(2)17-7-6-8-25-11-17)21(31)30-12-16(13-30)10-26-23(32)33-24(3,4)5/h6-9,11,15-16H,10,12-13H2,1-5H3,(H,26,32)(H,27,28,29)/t15-/m0/s1. The molecule has 2 amide bonds. The molecule has 180 valence electrons. The second-order valence-corrected chi connectivity index (χ2v) is 10.8. The number of thiophene rings is 1. The minimum atomic E-state index is -0.539. The van der Waals surface area contributed by atoms with Crippen molar-refractivity contribution in [2.24, 2.45) is 5.92 Å². The molecule has 1 saturated heterocycles. The van der Waals surface area contributed by atoms with Crippen molar-refractivity contribution in [2.75, 3.05) is 25.0 Å². The van der Waals surface area contributed by atoms with E-state index in [0.717, 1.165) is 20.7 Å². The number of ether oxygens (including phenoxy) is 1. The van der Waals surface area contributed by atoms with Crippen LogP contribution in [0.15, 0.2) is 30.6 Å². The number of carbonyl (C=O) groups is 2. The van der Waals surface area contributed by atoms with E-state index in [4.69, 9.17) is 4.74 Å². The summed E-state index contributed by atoms with van der Waals surface area (Å²) in [5, 5.41) is 6.08. The fraction of sp³-hybridized carbons (Fsp3) is 0.458. The van der Waals surface area contributed by atoms with E-state index in [1.807, 2.05) is 52.8 Å². The monoisotopic (exact) mass is 482 g/mol. The van der Waals surface area contributed by atoms with Crippen molar-refractivity contribution in [3.63, 3.8) is 0 Å². The van der Waals surface area contributed by atoms with E-state index in [-0.39, 0.29) is 17.9 Å². The number of pyridine rings is 1. The third kappa shape index (κ3) is 5.61. The number of nitrogens with zero attached hydrogens (tertiary/aromatic N) is 4. The lowest BCUT2D eigenvalue weighted by Gasteiger charge is -2.39. The average molecular weight is 483 g/mol. The van der Waals surface area contributed by atoms with Crippen LogP contribution in [0.25, 0.3) is 10.2 Å². The number of anilines is 1. The zero-order chi connectivity index (χ0) is 24.5. The lowest BCUT2D eigenvalue weighted by atomic mass is 9.99. The molecule has 0 saturated carbocycles. The molecule has 1 fully saturated rings. The maximum absolute atomic E-state index is 13.3. The first-order valence-corrected chi connectivity index (χ1v) is 12.1. The quantitative estimate of drug-likeness (QED) is 0.543. The van der Waals surface area contributed by atoms with Crippen LogP contribution in [0.4, 0.5) is 10.7 Å². The molecule has 0 radical (unpaired) electrons. The van der Waals surface area contributed by atoms with Crippen LogP contribution in [-0.2, 0) is 4.74 Å². The Morgan fingerprint density at radius 1 is 1.29 bits per heavy atom. The highest BCUT2D eigenvalue weighted by molar-refractivity contribution is 7.19. The topological polar surface area (TPSA) is 109 Å². The van der Waals surface area contributed by atoms with Gasteiger partial charge in [-0.2, -0.15) is 0 Å².